The molecule has 162 valence electrons. The molecule has 3 heterocycles. The van der Waals surface area contributed by atoms with Crippen LogP contribution in [0.1, 0.15) is 24.0 Å². The highest BCUT2D eigenvalue weighted by Gasteiger charge is 2.58. The molecular weight excluding hydrogens is 392 g/mol. The van der Waals surface area contributed by atoms with E-state index in [4.69, 9.17) is 4.74 Å². The first-order valence-electron chi connectivity index (χ1n) is 11.1. The molecule has 7 heteroatoms. The molecule has 7 nitrogen and oxygen atoms in total. The number of piperazine rings is 1. The Kier molecular flexibility index (Phi) is 5.28. The van der Waals surface area contributed by atoms with Crippen LogP contribution in [0.25, 0.3) is 0 Å². The molecule has 0 radical (unpaired) electrons. The van der Waals surface area contributed by atoms with Crippen molar-refractivity contribution in [3.8, 4) is 0 Å². The van der Waals surface area contributed by atoms with E-state index in [0.29, 0.717) is 19.6 Å². The van der Waals surface area contributed by atoms with Crippen molar-refractivity contribution in [2.75, 3.05) is 32.7 Å². The molecule has 0 aliphatic carbocycles. The lowest BCUT2D eigenvalue weighted by Crippen LogP contribution is -2.60. The van der Waals surface area contributed by atoms with E-state index in [1.165, 1.54) is 0 Å². The average molecular weight is 421 g/mol. The number of cyclic esters (lactones) is 1. The SMILES string of the molecule is O=C(NC1CCNCC1)N1CCN2C(=O)OC(c3ccccc3)(c3ccccc3)C2C1. The Bertz CT molecular complexity index is 891. The molecule has 2 aromatic rings. The topological polar surface area (TPSA) is 73.9 Å². The number of hydrogen-bond acceptors (Lipinski definition) is 4. The maximum atomic E-state index is 13.1. The molecular formula is C24H28N4O3. The van der Waals surface area contributed by atoms with E-state index in [1.807, 2.05) is 65.6 Å². The monoisotopic (exact) mass is 420 g/mol. The summed E-state index contributed by atoms with van der Waals surface area (Å²) in [7, 11) is 0. The third kappa shape index (κ3) is 3.53. The fourth-order valence-electron chi connectivity index (χ4n) is 5.07. The Morgan fingerprint density at radius 2 is 1.58 bits per heavy atom. The molecule has 5 rings (SSSR count). The lowest BCUT2D eigenvalue weighted by Gasteiger charge is -2.42. The average Bonchev–Trinajstić information content (AvgIpc) is 3.13. The standard InChI is InChI=1S/C24H28N4O3/c29-22(26-20-11-13-25-14-12-20)27-15-16-28-21(17-27)24(31-23(28)30,18-7-3-1-4-8-18)19-9-5-2-6-10-19/h1-10,20-21,25H,11-17H2,(H,26,29). The molecule has 2 N–H and O–H groups in total. The third-order valence-corrected chi connectivity index (χ3v) is 6.69. The third-order valence-electron chi connectivity index (χ3n) is 6.69. The first-order valence-corrected chi connectivity index (χ1v) is 11.1. The van der Waals surface area contributed by atoms with Gasteiger partial charge in [-0.25, -0.2) is 9.59 Å². The van der Waals surface area contributed by atoms with E-state index in [1.54, 1.807) is 4.90 Å². The van der Waals surface area contributed by atoms with Crippen LogP contribution in [-0.4, -0.2) is 66.7 Å². The summed E-state index contributed by atoms with van der Waals surface area (Å²) in [6, 6.07) is 19.6. The zero-order valence-corrected chi connectivity index (χ0v) is 17.5. The fourth-order valence-corrected chi connectivity index (χ4v) is 5.07. The number of ether oxygens (including phenoxy) is 1. The van der Waals surface area contributed by atoms with E-state index in [2.05, 4.69) is 10.6 Å². The van der Waals surface area contributed by atoms with Crippen molar-refractivity contribution < 1.29 is 14.3 Å². The number of amides is 3. The second-order valence-corrected chi connectivity index (χ2v) is 8.46. The molecule has 3 aliphatic rings. The number of nitrogens with zero attached hydrogens (tertiary/aromatic N) is 2. The molecule has 3 saturated heterocycles. The zero-order valence-electron chi connectivity index (χ0n) is 17.5. The number of hydrogen-bond donors (Lipinski definition) is 2. The van der Waals surface area contributed by atoms with Gasteiger partial charge in [0, 0.05) is 36.8 Å². The molecule has 2 aromatic carbocycles. The van der Waals surface area contributed by atoms with Crippen LogP contribution < -0.4 is 10.6 Å². The highest BCUT2D eigenvalue weighted by atomic mass is 16.6. The van der Waals surface area contributed by atoms with Crippen LogP contribution in [0.4, 0.5) is 9.59 Å². The van der Waals surface area contributed by atoms with E-state index < -0.39 is 5.60 Å². The zero-order chi connectivity index (χ0) is 21.3. The minimum Gasteiger partial charge on any atom is -0.431 e. The summed E-state index contributed by atoms with van der Waals surface area (Å²) in [6.07, 6.45) is 1.56. The number of nitrogens with one attached hydrogen (secondary N) is 2. The van der Waals surface area contributed by atoms with E-state index >= 15 is 0 Å². The van der Waals surface area contributed by atoms with Crippen LogP contribution >= 0.6 is 0 Å². The van der Waals surface area contributed by atoms with Gasteiger partial charge in [-0.05, 0) is 25.9 Å². The van der Waals surface area contributed by atoms with Crippen LogP contribution in [0.5, 0.6) is 0 Å². The highest BCUT2D eigenvalue weighted by molar-refractivity contribution is 5.77. The van der Waals surface area contributed by atoms with Crippen LogP contribution in [0.2, 0.25) is 0 Å². The predicted molar refractivity (Wildman–Crippen MR) is 117 cm³/mol. The van der Waals surface area contributed by atoms with Gasteiger partial charge in [0.05, 0.1) is 0 Å². The minimum atomic E-state index is -0.951. The molecule has 31 heavy (non-hydrogen) atoms. The minimum absolute atomic E-state index is 0.0547. The second-order valence-electron chi connectivity index (χ2n) is 8.46. The highest BCUT2D eigenvalue weighted by Crippen LogP contribution is 2.45. The molecule has 3 fully saturated rings. The van der Waals surface area contributed by atoms with Crippen molar-refractivity contribution in [1.82, 2.24) is 20.4 Å². The summed E-state index contributed by atoms with van der Waals surface area (Å²) in [5.74, 6) is 0. The summed E-state index contributed by atoms with van der Waals surface area (Å²) >= 11 is 0. The van der Waals surface area contributed by atoms with Gasteiger partial charge in [0.1, 0.15) is 6.04 Å². The van der Waals surface area contributed by atoms with Gasteiger partial charge in [0.15, 0.2) is 5.60 Å². The van der Waals surface area contributed by atoms with Gasteiger partial charge >= 0.3 is 12.1 Å². The van der Waals surface area contributed by atoms with E-state index in [0.717, 1.165) is 37.1 Å². The Morgan fingerprint density at radius 1 is 0.968 bits per heavy atom. The Labute approximate surface area is 182 Å². The lowest BCUT2D eigenvalue weighted by molar-refractivity contribution is 0.0508. The van der Waals surface area contributed by atoms with Crippen molar-refractivity contribution in [2.24, 2.45) is 0 Å². The van der Waals surface area contributed by atoms with Crippen LogP contribution in [0, 0.1) is 0 Å². The molecule has 3 aliphatic heterocycles. The fraction of sp³-hybridized carbons (Fsp3) is 0.417. The first-order chi connectivity index (χ1) is 15.2. The number of piperidine rings is 1. The first kappa shape index (κ1) is 19.9. The van der Waals surface area contributed by atoms with Crippen molar-refractivity contribution in [3.05, 3.63) is 71.8 Å². The van der Waals surface area contributed by atoms with Gasteiger partial charge in [-0.2, -0.15) is 0 Å². The van der Waals surface area contributed by atoms with Crippen molar-refractivity contribution in [2.45, 2.75) is 30.5 Å². The van der Waals surface area contributed by atoms with Crippen molar-refractivity contribution in [3.63, 3.8) is 0 Å². The molecule has 1 unspecified atom stereocenters. The molecule has 0 bridgehead atoms. The Morgan fingerprint density at radius 3 is 2.19 bits per heavy atom. The van der Waals surface area contributed by atoms with Gasteiger partial charge in [-0.15, -0.1) is 0 Å². The summed E-state index contributed by atoms with van der Waals surface area (Å²) in [5, 5.41) is 6.51. The Balaban J connectivity index is 1.47. The molecule has 0 saturated carbocycles. The van der Waals surface area contributed by atoms with Crippen LogP contribution in [-0.2, 0) is 10.3 Å². The number of carbonyl (C=O) groups is 2. The van der Waals surface area contributed by atoms with Gasteiger partial charge in [-0.3, -0.25) is 4.90 Å². The van der Waals surface area contributed by atoms with Gasteiger partial charge in [-0.1, -0.05) is 60.7 Å². The van der Waals surface area contributed by atoms with Crippen LogP contribution in [0.3, 0.4) is 0 Å². The smallest absolute Gasteiger partial charge is 0.411 e. The van der Waals surface area contributed by atoms with Crippen molar-refractivity contribution in [1.29, 1.82) is 0 Å². The van der Waals surface area contributed by atoms with Crippen LogP contribution in [0.15, 0.2) is 60.7 Å². The van der Waals surface area contributed by atoms with Crippen molar-refractivity contribution >= 4 is 12.1 Å². The van der Waals surface area contributed by atoms with Gasteiger partial charge < -0.3 is 20.3 Å². The number of benzene rings is 2. The van der Waals surface area contributed by atoms with E-state index in [-0.39, 0.29) is 24.2 Å². The van der Waals surface area contributed by atoms with Gasteiger partial charge in [0.25, 0.3) is 0 Å². The summed E-state index contributed by atoms with van der Waals surface area (Å²) in [5.41, 5.74) is 0.887. The molecule has 1 atom stereocenters. The number of urea groups is 1. The van der Waals surface area contributed by atoms with E-state index in [9.17, 15) is 9.59 Å². The second kappa shape index (κ2) is 8.23. The summed E-state index contributed by atoms with van der Waals surface area (Å²) in [6.45, 7) is 3.24. The Hall–Kier alpha value is -3.06. The predicted octanol–water partition coefficient (Wildman–Crippen LogP) is 2.53. The lowest BCUT2D eigenvalue weighted by atomic mass is 9.79. The molecule has 0 aromatic heterocycles. The largest absolute Gasteiger partial charge is 0.431 e. The quantitative estimate of drug-likeness (QED) is 0.800. The summed E-state index contributed by atoms with van der Waals surface area (Å²) in [4.78, 5) is 29.6. The number of fused-ring (bicyclic) bond motifs is 1. The molecule has 0 spiro atoms. The maximum Gasteiger partial charge on any atom is 0.411 e. The maximum absolute atomic E-state index is 13.1. The summed E-state index contributed by atoms with van der Waals surface area (Å²) < 4.78 is 6.17. The normalized spacial score (nSPS) is 23.2. The number of rotatable bonds is 3. The van der Waals surface area contributed by atoms with Gasteiger partial charge in [0.2, 0.25) is 0 Å². The molecule has 3 amide bonds. The number of carbonyl (C=O) groups excluding carboxylic acids is 2.